The first-order chi connectivity index (χ1) is 11.8. The normalized spacial score (nSPS) is 24.8. The molecule has 1 unspecified atom stereocenters. The first-order valence-electron chi connectivity index (χ1n) is 9.12. The summed E-state index contributed by atoms with van der Waals surface area (Å²) in [7, 11) is -2.88. The number of guanidine groups is 1. The molecule has 140 valence electrons. The molecule has 1 aromatic heterocycles. The Labute approximate surface area is 155 Å². The van der Waals surface area contributed by atoms with Crippen molar-refractivity contribution in [1.82, 2.24) is 10.6 Å². The van der Waals surface area contributed by atoms with E-state index in [0.717, 1.165) is 18.9 Å². The molecular weight excluding hydrogens is 354 g/mol. The van der Waals surface area contributed by atoms with Crippen molar-refractivity contribution in [2.75, 3.05) is 18.1 Å². The monoisotopic (exact) mass is 383 g/mol. The van der Waals surface area contributed by atoms with Crippen molar-refractivity contribution < 1.29 is 8.42 Å². The predicted molar refractivity (Wildman–Crippen MR) is 105 cm³/mol. The first-order valence-corrected chi connectivity index (χ1v) is 11.8. The number of sulfone groups is 1. The Hall–Kier alpha value is -1.08. The molecule has 1 aromatic rings. The van der Waals surface area contributed by atoms with Crippen LogP contribution in [0.5, 0.6) is 0 Å². The van der Waals surface area contributed by atoms with Crippen LogP contribution in [-0.4, -0.2) is 38.5 Å². The average molecular weight is 384 g/mol. The molecule has 0 aromatic carbocycles. The van der Waals surface area contributed by atoms with Crippen molar-refractivity contribution in [2.24, 2.45) is 10.4 Å². The molecule has 3 rings (SSSR count). The van der Waals surface area contributed by atoms with E-state index in [1.54, 1.807) is 0 Å². The number of nitrogens with zero attached hydrogens (tertiary/aromatic N) is 1. The molecule has 1 aliphatic carbocycles. The molecule has 5 nitrogen and oxygen atoms in total. The molecule has 0 radical (unpaired) electrons. The lowest BCUT2D eigenvalue weighted by molar-refractivity contribution is 0.318. The summed E-state index contributed by atoms with van der Waals surface area (Å²) in [6.45, 7) is 8.12. The fourth-order valence-electron chi connectivity index (χ4n) is 3.60. The molecule has 7 heteroatoms. The largest absolute Gasteiger partial charge is 0.357 e. The second-order valence-electron chi connectivity index (χ2n) is 7.94. The van der Waals surface area contributed by atoms with E-state index in [2.05, 4.69) is 35.5 Å². The van der Waals surface area contributed by atoms with Gasteiger partial charge in [0.1, 0.15) is 0 Å². The summed E-state index contributed by atoms with van der Waals surface area (Å²) >= 11 is 1.88. The van der Waals surface area contributed by atoms with Gasteiger partial charge in [-0.25, -0.2) is 13.4 Å². The smallest absolute Gasteiger partial charge is 0.191 e. The van der Waals surface area contributed by atoms with E-state index in [1.807, 2.05) is 18.3 Å². The summed E-state index contributed by atoms with van der Waals surface area (Å²) in [6.07, 6.45) is 4.24. The van der Waals surface area contributed by atoms with E-state index in [1.165, 1.54) is 28.2 Å². The molecule has 1 atom stereocenters. The van der Waals surface area contributed by atoms with Gasteiger partial charge in [-0.2, -0.15) is 0 Å². The highest BCUT2D eigenvalue weighted by Gasteiger charge is 2.29. The van der Waals surface area contributed by atoms with Crippen LogP contribution in [0.15, 0.2) is 11.1 Å². The van der Waals surface area contributed by atoms with Gasteiger partial charge in [0.2, 0.25) is 0 Å². The van der Waals surface area contributed by atoms with Crippen LogP contribution in [0, 0.1) is 5.41 Å². The van der Waals surface area contributed by atoms with E-state index in [0.29, 0.717) is 18.4 Å². The number of aryl methyl sites for hydroxylation is 1. The Bertz CT molecular complexity index is 750. The Morgan fingerprint density at radius 1 is 1.44 bits per heavy atom. The minimum Gasteiger partial charge on any atom is -0.357 e. The average Bonchev–Trinajstić information content (AvgIpc) is 3.06. The molecule has 2 N–H and O–H groups in total. The van der Waals surface area contributed by atoms with Crippen LogP contribution in [0.3, 0.4) is 0 Å². The van der Waals surface area contributed by atoms with Gasteiger partial charge in [-0.15, -0.1) is 11.3 Å². The maximum atomic E-state index is 11.6. The predicted octanol–water partition coefficient (Wildman–Crippen LogP) is 2.51. The minimum absolute atomic E-state index is 0.0276. The molecule has 1 fully saturated rings. The summed E-state index contributed by atoms with van der Waals surface area (Å²) in [6, 6.07) is 2.29. The standard InChI is InChI=1S/C18H29N3O2S2/c1-4-19-17(21-14-6-8-25(22,23)12-14)20-11-15-9-13-10-18(2,3)7-5-16(13)24-15/h9,14H,4-8,10-12H2,1-3H3,(H2,19,20,21). The summed E-state index contributed by atoms with van der Waals surface area (Å²) in [4.78, 5) is 7.49. The molecule has 1 aliphatic heterocycles. The first kappa shape index (κ1) is 18.7. The zero-order valence-corrected chi connectivity index (χ0v) is 17.0. The van der Waals surface area contributed by atoms with Crippen LogP contribution in [0.25, 0.3) is 0 Å². The Morgan fingerprint density at radius 2 is 2.24 bits per heavy atom. The van der Waals surface area contributed by atoms with Gasteiger partial charge in [-0.05, 0) is 49.7 Å². The van der Waals surface area contributed by atoms with Gasteiger partial charge in [0.25, 0.3) is 0 Å². The molecule has 0 saturated carbocycles. The van der Waals surface area contributed by atoms with E-state index in [-0.39, 0.29) is 17.5 Å². The van der Waals surface area contributed by atoms with Crippen molar-refractivity contribution in [1.29, 1.82) is 0 Å². The van der Waals surface area contributed by atoms with Gasteiger partial charge >= 0.3 is 0 Å². The number of aliphatic imine (C=N–C) groups is 1. The third-order valence-electron chi connectivity index (χ3n) is 4.96. The molecule has 0 amide bonds. The summed E-state index contributed by atoms with van der Waals surface area (Å²) in [5.74, 6) is 1.20. The number of nitrogens with one attached hydrogen (secondary N) is 2. The maximum absolute atomic E-state index is 11.6. The van der Waals surface area contributed by atoms with E-state index < -0.39 is 9.84 Å². The van der Waals surface area contributed by atoms with Crippen LogP contribution in [-0.2, 0) is 29.2 Å². The Balaban J connectivity index is 1.65. The van der Waals surface area contributed by atoms with E-state index in [4.69, 9.17) is 0 Å². The van der Waals surface area contributed by atoms with Gasteiger partial charge in [0, 0.05) is 22.3 Å². The lowest BCUT2D eigenvalue weighted by atomic mass is 9.77. The number of hydrogen-bond acceptors (Lipinski definition) is 4. The zero-order valence-electron chi connectivity index (χ0n) is 15.4. The van der Waals surface area contributed by atoms with E-state index in [9.17, 15) is 8.42 Å². The second kappa shape index (κ2) is 7.27. The fraction of sp³-hybridized carbons (Fsp3) is 0.722. The SMILES string of the molecule is CCNC(=NCc1cc2c(s1)CCC(C)(C)C2)NC1CCS(=O)(=O)C1. The lowest BCUT2D eigenvalue weighted by Gasteiger charge is -2.29. The number of fused-ring (bicyclic) bond motifs is 1. The minimum atomic E-state index is -2.88. The van der Waals surface area contributed by atoms with E-state index >= 15 is 0 Å². The van der Waals surface area contributed by atoms with Crippen molar-refractivity contribution in [3.05, 3.63) is 21.4 Å². The highest BCUT2D eigenvalue weighted by Crippen LogP contribution is 2.38. The van der Waals surface area contributed by atoms with Crippen LogP contribution in [0.2, 0.25) is 0 Å². The van der Waals surface area contributed by atoms with Crippen LogP contribution < -0.4 is 10.6 Å². The molecule has 2 aliphatic rings. The van der Waals surface area contributed by atoms with Crippen molar-refractivity contribution in [3.63, 3.8) is 0 Å². The van der Waals surface area contributed by atoms with Crippen molar-refractivity contribution in [2.45, 2.75) is 59.0 Å². The molecular formula is C18H29N3O2S2. The number of rotatable bonds is 4. The van der Waals surface area contributed by atoms with Gasteiger partial charge in [-0.3, -0.25) is 0 Å². The van der Waals surface area contributed by atoms with Gasteiger partial charge < -0.3 is 10.6 Å². The lowest BCUT2D eigenvalue weighted by Crippen LogP contribution is -2.44. The van der Waals surface area contributed by atoms with Crippen LogP contribution >= 0.6 is 11.3 Å². The zero-order chi connectivity index (χ0) is 18.1. The summed E-state index contributed by atoms with van der Waals surface area (Å²) < 4.78 is 23.3. The molecule has 2 heterocycles. The molecule has 25 heavy (non-hydrogen) atoms. The molecule has 0 bridgehead atoms. The van der Waals surface area contributed by atoms with Gasteiger partial charge in [0.05, 0.1) is 18.1 Å². The third-order valence-corrected chi connectivity index (χ3v) is 7.95. The van der Waals surface area contributed by atoms with Crippen molar-refractivity contribution in [3.8, 4) is 0 Å². The highest BCUT2D eigenvalue weighted by molar-refractivity contribution is 7.91. The van der Waals surface area contributed by atoms with Gasteiger partial charge in [0.15, 0.2) is 15.8 Å². The Morgan fingerprint density at radius 3 is 2.92 bits per heavy atom. The quantitative estimate of drug-likeness (QED) is 0.619. The van der Waals surface area contributed by atoms with Gasteiger partial charge in [-0.1, -0.05) is 13.8 Å². The van der Waals surface area contributed by atoms with Crippen molar-refractivity contribution >= 4 is 27.1 Å². The molecule has 1 saturated heterocycles. The number of thiophene rings is 1. The summed E-state index contributed by atoms with van der Waals surface area (Å²) in [5.41, 5.74) is 1.89. The Kier molecular flexibility index (Phi) is 5.44. The van der Waals surface area contributed by atoms with Crippen LogP contribution in [0.4, 0.5) is 0 Å². The highest BCUT2D eigenvalue weighted by atomic mass is 32.2. The maximum Gasteiger partial charge on any atom is 0.191 e. The topological polar surface area (TPSA) is 70.6 Å². The fourth-order valence-corrected chi connectivity index (χ4v) is 6.39. The summed E-state index contributed by atoms with van der Waals surface area (Å²) in [5, 5.41) is 6.51. The number of hydrogen-bond donors (Lipinski definition) is 2. The van der Waals surface area contributed by atoms with Crippen LogP contribution in [0.1, 0.15) is 48.9 Å². The third kappa shape index (κ3) is 4.97. The second-order valence-corrected chi connectivity index (χ2v) is 11.4. The molecule has 0 spiro atoms.